The highest BCUT2D eigenvalue weighted by molar-refractivity contribution is 5.39. The van der Waals surface area contributed by atoms with Gasteiger partial charge in [-0.15, -0.1) is 0 Å². The lowest BCUT2D eigenvalue weighted by atomic mass is 9.78. The minimum absolute atomic E-state index is 0.00208. The predicted octanol–water partition coefficient (Wildman–Crippen LogP) is 4.78. The van der Waals surface area contributed by atoms with Crippen LogP contribution < -0.4 is 10.1 Å². The molecule has 2 rings (SSSR count). The third-order valence-electron chi connectivity index (χ3n) is 4.55. The zero-order valence-electron chi connectivity index (χ0n) is 14.8. The molecule has 23 heavy (non-hydrogen) atoms. The maximum atomic E-state index is 5.81. The van der Waals surface area contributed by atoms with Crippen LogP contribution in [-0.2, 0) is 5.41 Å². The molecule has 0 fully saturated rings. The van der Waals surface area contributed by atoms with E-state index in [1.807, 2.05) is 0 Å². The standard InChI is InChI=1S/C21H29NO/c1-5-17(2)22-15-16-23-20-13-11-19(12-14-20)21(3,4)18-9-7-6-8-10-18/h6-14,17,22H,5,15-16H2,1-4H3. The largest absolute Gasteiger partial charge is 0.492 e. The van der Waals surface area contributed by atoms with Gasteiger partial charge in [0.15, 0.2) is 0 Å². The van der Waals surface area contributed by atoms with Gasteiger partial charge in [0.2, 0.25) is 0 Å². The molecule has 2 aromatic rings. The summed E-state index contributed by atoms with van der Waals surface area (Å²) in [7, 11) is 0. The fraction of sp³-hybridized carbons (Fsp3) is 0.429. The summed E-state index contributed by atoms with van der Waals surface area (Å²) in [6.07, 6.45) is 1.14. The van der Waals surface area contributed by atoms with Gasteiger partial charge in [-0.2, -0.15) is 0 Å². The van der Waals surface area contributed by atoms with Gasteiger partial charge in [0.25, 0.3) is 0 Å². The first-order valence-electron chi connectivity index (χ1n) is 8.56. The zero-order chi connectivity index (χ0) is 16.7. The summed E-state index contributed by atoms with van der Waals surface area (Å²) in [6, 6.07) is 19.7. The van der Waals surface area contributed by atoms with Crippen LogP contribution in [0.25, 0.3) is 0 Å². The smallest absolute Gasteiger partial charge is 0.119 e. The van der Waals surface area contributed by atoms with Crippen LogP contribution in [0.2, 0.25) is 0 Å². The van der Waals surface area contributed by atoms with Gasteiger partial charge < -0.3 is 10.1 Å². The van der Waals surface area contributed by atoms with Crippen molar-refractivity contribution >= 4 is 0 Å². The second kappa shape index (κ2) is 8.16. The molecule has 0 spiro atoms. The molecule has 0 saturated carbocycles. The number of rotatable bonds is 8. The monoisotopic (exact) mass is 311 g/mol. The first-order valence-corrected chi connectivity index (χ1v) is 8.56. The average molecular weight is 311 g/mol. The fourth-order valence-corrected chi connectivity index (χ4v) is 2.61. The molecule has 0 radical (unpaired) electrons. The molecule has 0 aliphatic heterocycles. The van der Waals surface area contributed by atoms with E-state index < -0.39 is 0 Å². The van der Waals surface area contributed by atoms with E-state index in [1.165, 1.54) is 11.1 Å². The van der Waals surface area contributed by atoms with Crippen LogP contribution in [0.4, 0.5) is 0 Å². The van der Waals surface area contributed by atoms with Gasteiger partial charge in [-0.25, -0.2) is 0 Å². The molecule has 0 aromatic heterocycles. The van der Waals surface area contributed by atoms with Crippen LogP contribution in [0.3, 0.4) is 0 Å². The SMILES string of the molecule is CCC(C)NCCOc1ccc(C(C)(C)c2ccccc2)cc1. The van der Waals surface area contributed by atoms with E-state index >= 15 is 0 Å². The van der Waals surface area contributed by atoms with Gasteiger partial charge in [0, 0.05) is 18.0 Å². The summed E-state index contributed by atoms with van der Waals surface area (Å²) in [4.78, 5) is 0. The maximum Gasteiger partial charge on any atom is 0.119 e. The molecule has 1 unspecified atom stereocenters. The topological polar surface area (TPSA) is 21.3 Å². The molecule has 124 valence electrons. The van der Waals surface area contributed by atoms with Crippen molar-refractivity contribution < 1.29 is 4.74 Å². The van der Waals surface area contributed by atoms with Crippen molar-refractivity contribution in [2.75, 3.05) is 13.2 Å². The van der Waals surface area contributed by atoms with Gasteiger partial charge in [-0.05, 0) is 36.6 Å². The molecule has 0 bridgehead atoms. The highest BCUT2D eigenvalue weighted by Crippen LogP contribution is 2.32. The third kappa shape index (κ3) is 4.84. The Balaban J connectivity index is 1.94. The van der Waals surface area contributed by atoms with E-state index in [1.54, 1.807) is 0 Å². The second-order valence-electron chi connectivity index (χ2n) is 6.63. The molecule has 1 atom stereocenters. The summed E-state index contributed by atoms with van der Waals surface area (Å²) in [5.74, 6) is 0.934. The normalized spacial score (nSPS) is 12.9. The number of nitrogens with one attached hydrogen (secondary N) is 1. The van der Waals surface area contributed by atoms with Gasteiger partial charge in [0.1, 0.15) is 12.4 Å². The summed E-state index contributed by atoms with van der Waals surface area (Å²) < 4.78 is 5.81. The minimum atomic E-state index is -0.00208. The Kier molecular flexibility index (Phi) is 6.23. The second-order valence-corrected chi connectivity index (χ2v) is 6.63. The molecular formula is C21H29NO. The molecular weight excluding hydrogens is 282 g/mol. The zero-order valence-corrected chi connectivity index (χ0v) is 14.8. The Bertz CT molecular complexity index is 575. The summed E-state index contributed by atoms with van der Waals surface area (Å²) in [5, 5.41) is 3.43. The maximum absolute atomic E-state index is 5.81. The van der Waals surface area contributed by atoms with Crippen LogP contribution >= 0.6 is 0 Å². The van der Waals surface area contributed by atoms with Crippen LogP contribution in [0, 0.1) is 0 Å². The number of hydrogen-bond donors (Lipinski definition) is 1. The summed E-state index contributed by atoms with van der Waals surface area (Å²) in [5.41, 5.74) is 2.62. The Labute approximate surface area is 140 Å². The van der Waals surface area contributed by atoms with Crippen molar-refractivity contribution in [1.82, 2.24) is 5.32 Å². The van der Waals surface area contributed by atoms with Crippen molar-refractivity contribution in [2.24, 2.45) is 0 Å². The fourth-order valence-electron chi connectivity index (χ4n) is 2.61. The highest BCUT2D eigenvalue weighted by Gasteiger charge is 2.22. The Hall–Kier alpha value is -1.80. The van der Waals surface area contributed by atoms with E-state index in [-0.39, 0.29) is 5.41 Å². The Morgan fingerprint density at radius 3 is 2.17 bits per heavy atom. The van der Waals surface area contributed by atoms with Crippen molar-refractivity contribution in [1.29, 1.82) is 0 Å². The number of hydrogen-bond acceptors (Lipinski definition) is 2. The van der Waals surface area contributed by atoms with Gasteiger partial charge in [-0.3, -0.25) is 0 Å². The van der Waals surface area contributed by atoms with Gasteiger partial charge >= 0.3 is 0 Å². The van der Waals surface area contributed by atoms with E-state index in [0.717, 1.165) is 18.7 Å². The van der Waals surface area contributed by atoms with Gasteiger partial charge in [-0.1, -0.05) is 63.2 Å². The molecule has 2 aromatic carbocycles. The van der Waals surface area contributed by atoms with Crippen molar-refractivity contribution in [2.45, 2.75) is 45.6 Å². The van der Waals surface area contributed by atoms with E-state index in [0.29, 0.717) is 12.6 Å². The molecule has 0 aliphatic rings. The summed E-state index contributed by atoms with van der Waals surface area (Å²) >= 11 is 0. The molecule has 2 nitrogen and oxygen atoms in total. The first-order chi connectivity index (χ1) is 11.0. The summed E-state index contributed by atoms with van der Waals surface area (Å²) in [6.45, 7) is 10.5. The average Bonchev–Trinajstić information content (AvgIpc) is 2.59. The van der Waals surface area contributed by atoms with E-state index in [4.69, 9.17) is 4.74 Å². The van der Waals surface area contributed by atoms with E-state index in [9.17, 15) is 0 Å². The van der Waals surface area contributed by atoms with Gasteiger partial charge in [0.05, 0.1) is 0 Å². The lowest BCUT2D eigenvalue weighted by Crippen LogP contribution is -2.29. The molecule has 0 heterocycles. The third-order valence-corrected chi connectivity index (χ3v) is 4.55. The Morgan fingerprint density at radius 2 is 1.57 bits per heavy atom. The predicted molar refractivity (Wildman–Crippen MR) is 98.3 cm³/mol. The van der Waals surface area contributed by atoms with Crippen molar-refractivity contribution in [3.63, 3.8) is 0 Å². The minimum Gasteiger partial charge on any atom is -0.492 e. The van der Waals surface area contributed by atoms with Crippen molar-refractivity contribution in [3.05, 3.63) is 65.7 Å². The molecule has 0 aliphatic carbocycles. The highest BCUT2D eigenvalue weighted by atomic mass is 16.5. The van der Waals surface area contributed by atoms with Crippen LogP contribution in [0.5, 0.6) is 5.75 Å². The van der Waals surface area contributed by atoms with E-state index in [2.05, 4.69) is 87.6 Å². The Morgan fingerprint density at radius 1 is 0.957 bits per heavy atom. The van der Waals surface area contributed by atoms with Crippen LogP contribution in [-0.4, -0.2) is 19.2 Å². The molecule has 2 heteroatoms. The first kappa shape index (κ1) is 17.6. The molecule has 0 amide bonds. The lowest BCUT2D eigenvalue weighted by molar-refractivity contribution is 0.306. The number of ether oxygens (including phenoxy) is 1. The van der Waals surface area contributed by atoms with Crippen LogP contribution in [0.1, 0.15) is 45.2 Å². The number of benzene rings is 2. The molecule has 1 N–H and O–H groups in total. The quantitative estimate of drug-likeness (QED) is 0.708. The lowest BCUT2D eigenvalue weighted by Gasteiger charge is -2.26. The van der Waals surface area contributed by atoms with Crippen molar-refractivity contribution in [3.8, 4) is 5.75 Å². The molecule has 0 saturated heterocycles. The van der Waals surface area contributed by atoms with Crippen LogP contribution in [0.15, 0.2) is 54.6 Å².